The van der Waals surface area contributed by atoms with Crippen LogP contribution in [-0.4, -0.2) is 65.8 Å². The van der Waals surface area contributed by atoms with Gasteiger partial charge in [-0.3, -0.25) is 0 Å². The average molecular weight is 290 g/mol. The first kappa shape index (κ1) is 14.3. The van der Waals surface area contributed by atoms with E-state index in [9.17, 15) is 20.1 Å². The minimum absolute atomic E-state index is 0.497. The van der Waals surface area contributed by atoms with Crippen LogP contribution in [0.25, 0.3) is 0 Å². The van der Waals surface area contributed by atoms with Crippen LogP contribution in [0, 0.1) is 0 Å². The Balaban J connectivity index is 2.15. The average Bonchev–Trinajstić information content (AvgIpc) is 2.75. The van der Waals surface area contributed by atoms with Crippen molar-refractivity contribution in [3.8, 4) is 0 Å². The van der Waals surface area contributed by atoms with Gasteiger partial charge in [0.25, 0.3) is 0 Å². The van der Waals surface area contributed by atoms with Crippen molar-refractivity contribution in [2.75, 3.05) is 0 Å². The molecule has 0 unspecified atom stereocenters. The van der Waals surface area contributed by atoms with E-state index >= 15 is 0 Å². The number of rotatable bonds is 3. The molecule has 0 radical (unpaired) electrons. The van der Waals surface area contributed by atoms with Crippen LogP contribution in [0.1, 0.15) is 0 Å². The van der Waals surface area contributed by atoms with Gasteiger partial charge in [-0.2, -0.15) is 0 Å². The number of aryl methyl sites for hydroxylation is 1. The second-order valence-electron chi connectivity index (χ2n) is 4.17. The van der Waals surface area contributed by atoms with Crippen LogP contribution < -0.4 is 0 Å². The summed E-state index contributed by atoms with van der Waals surface area (Å²) in [5, 5.41) is 38.4. The normalized spacial score (nSPS) is 35.3. The number of nitrogens with zero attached hydrogens (tertiary/aromatic N) is 2. The van der Waals surface area contributed by atoms with Crippen molar-refractivity contribution in [1.82, 2.24) is 9.55 Å². The Morgan fingerprint density at radius 1 is 1.37 bits per heavy atom. The molecule has 4 N–H and O–H groups in total. The number of carbonyl (C=O) groups is 1. The number of hydrogen-bond acceptors (Lipinski definition) is 7. The molecule has 2 rings (SSSR count). The van der Waals surface area contributed by atoms with Crippen molar-refractivity contribution in [3.63, 3.8) is 0 Å². The molecule has 19 heavy (non-hydrogen) atoms. The summed E-state index contributed by atoms with van der Waals surface area (Å²) in [7, 11) is 1.73. The van der Waals surface area contributed by atoms with Gasteiger partial charge in [-0.15, -0.1) is 0 Å². The van der Waals surface area contributed by atoms with Gasteiger partial charge in [0, 0.05) is 19.4 Å². The smallest absolute Gasteiger partial charge is 0.335 e. The summed E-state index contributed by atoms with van der Waals surface area (Å²) in [6, 6.07) is 0. The summed E-state index contributed by atoms with van der Waals surface area (Å²) >= 11 is 0.978. The number of aromatic nitrogens is 2. The van der Waals surface area contributed by atoms with E-state index in [1.807, 2.05) is 0 Å². The number of ether oxygens (including phenoxy) is 1. The fourth-order valence-electron chi connectivity index (χ4n) is 1.72. The molecule has 5 atom stereocenters. The topological polar surface area (TPSA) is 125 Å². The Hall–Kier alpha value is -1.13. The molecule has 0 amide bonds. The Morgan fingerprint density at radius 3 is 2.58 bits per heavy atom. The van der Waals surface area contributed by atoms with Crippen molar-refractivity contribution in [2.24, 2.45) is 7.05 Å². The van der Waals surface area contributed by atoms with Gasteiger partial charge in [0.2, 0.25) is 0 Å². The summed E-state index contributed by atoms with van der Waals surface area (Å²) < 4.78 is 6.78. The highest BCUT2D eigenvalue weighted by molar-refractivity contribution is 7.99. The maximum Gasteiger partial charge on any atom is 0.335 e. The molecule has 9 heteroatoms. The highest BCUT2D eigenvalue weighted by Crippen LogP contribution is 2.32. The van der Waals surface area contributed by atoms with E-state index < -0.39 is 35.8 Å². The van der Waals surface area contributed by atoms with Crippen molar-refractivity contribution in [1.29, 1.82) is 0 Å². The number of aliphatic hydroxyl groups is 3. The first-order valence-corrected chi connectivity index (χ1v) is 6.36. The summed E-state index contributed by atoms with van der Waals surface area (Å²) in [6.45, 7) is 0. The molecular formula is C10H14N2O6S. The monoisotopic (exact) mass is 290 g/mol. The van der Waals surface area contributed by atoms with Crippen LogP contribution >= 0.6 is 11.8 Å². The molecule has 2 heterocycles. The van der Waals surface area contributed by atoms with Crippen LogP contribution in [0.2, 0.25) is 0 Å². The molecular weight excluding hydrogens is 276 g/mol. The van der Waals surface area contributed by atoms with E-state index in [1.54, 1.807) is 17.8 Å². The third kappa shape index (κ3) is 2.74. The SMILES string of the molecule is Cn1ccnc1S[C@@H]1O[C@H](C(=O)O)[C@@H](O)[C@H](O)[C@H]1O. The fraction of sp³-hybridized carbons (Fsp3) is 0.600. The molecule has 106 valence electrons. The predicted molar refractivity (Wildman–Crippen MR) is 63.4 cm³/mol. The largest absolute Gasteiger partial charge is 0.479 e. The molecule has 1 aliphatic heterocycles. The van der Waals surface area contributed by atoms with E-state index in [-0.39, 0.29) is 0 Å². The van der Waals surface area contributed by atoms with Crippen LogP contribution in [0.4, 0.5) is 0 Å². The molecule has 1 fully saturated rings. The number of aliphatic hydroxyl groups excluding tert-OH is 3. The number of imidazole rings is 1. The van der Waals surface area contributed by atoms with Gasteiger partial charge in [-0.1, -0.05) is 11.8 Å². The Kier molecular flexibility index (Phi) is 4.11. The van der Waals surface area contributed by atoms with Gasteiger partial charge in [0.15, 0.2) is 11.3 Å². The molecule has 1 saturated heterocycles. The zero-order chi connectivity index (χ0) is 14.2. The van der Waals surface area contributed by atoms with E-state index in [0.29, 0.717) is 5.16 Å². The quantitative estimate of drug-likeness (QED) is 0.525. The zero-order valence-electron chi connectivity index (χ0n) is 9.95. The Labute approximate surface area is 112 Å². The van der Waals surface area contributed by atoms with Gasteiger partial charge in [0.05, 0.1) is 0 Å². The van der Waals surface area contributed by atoms with E-state index in [4.69, 9.17) is 9.84 Å². The molecule has 0 bridgehead atoms. The number of thioether (sulfide) groups is 1. The van der Waals surface area contributed by atoms with Crippen molar-refractivity contribution in [2.45, 2.75) is 35.0 Å². The van der Waals surface area contributed by atoms with E-state index in [2.05, 4.69) is 4.98 Å². The summed E-state index contributed by atoms with van der Waals surface area (Å²) in [6.07, 6.45) is -3.04. The minimum Gasteiger partial charge on any atom is -0.479 e. The number of aliphatic carboxylic acids is 1. The lowest BCUT2D eigenvalue weighted by molar-refractivity contribution is -0.209. The highest BCUT2D eigenvalue weighted by Gasteiger charge is 2.47. The minimum atomic E-state index is -1.68. The van der Waals surface area contributed by atoms with Crippen LogP contribution in [0.3, 0.4) is 0 Å². The van der Waals surface area contributed by atoms with Crippen molar-refractivity contribution >= 4 is 17.7 Å². The van der Waals surface area contributed by atoms with Crippen LogP contribution in [0.5, 0.6) is 0 Å². The highest BCUT2D eigenvalue weighted by atomic mass is 32.2. The number of carboxylic acid groups (broad SMARTS) is 1. The summed E-state index contributed by atoms with van der Waals surface area (Å²) in [5.74, 6) is -1.40. The third-order valence-electron chi connectivity index (χ3n) is 2.81. The van der Waals surface area contributed by atoms with Crippen molar-refractivity contribution in [3.05, 3.63) is 12.4 Å². The predicted octanol–water partition coefficient (Wildman–Crippen LogP) is -1.60. The molecule has 0 spiro atoms. The van der Waals surface area contributed by atoms with E-state index in [1.165, 1.54) is 6.20 Å². The van der Waals surface area contributed by atoms with Crippen LogP contribution in [0.15, 0.2) is 17.6 Å². The van der Waals surface area contributed by atoms with Gasteiger partial charge in [-0.25, -0.2) is 9.78 Å². The number of carboxylic acids is 1. The molecule has 1 aromatic heterocycles. The van der Waals surface area contributed by atoms with Crippen LogP contribution in [-0.2, 0) is 16.6 Å². The Bertz CT molecular complexity index is 467. The third-order valence-corrected chi connectivity index (χ3v) is 4.04. The van der Waals surface area contributed by atoms with Gasteiger partial charge in [0.1, 0.15) is 23.7 Å². The summed E-state index contributed by atoms with van der Waals surface area (Å²) in [5.41, 5.74) is -1.03. The zero-order valence-corrected chi connectivity index (χ0v) is 10.8. The van der Waals surface area contributed by atoms with Gasteiger partial charge < -0.3 is 29.7 Å². The van der Waals surface area contributed by atoms with Gasteiger partial charge >= 0.3 is 5.97 Å². The molecule has 0 saturated carbocycles. The van der Waals surface area contributed by atoms with Gasteiger partial charge in [-0.05, 0) is 0 Å². The lowest BCUT2D eigenvalue weighted by Crippen LogP contribution is -2.58. The number of hydrogen-bond donors (Lipinski definition) is 4. The fourth-order valence-corrected chi connectivity index (χ4v) is 2.75. The van der Waals surface area contributed by atoms with E-state index in [0.717, 1.165) is 11.8 Å². The molecule has 1 aromatic rings. The summed E-state index contributed by atoms with van der Waals surface area (Å²) in [4.78, 5) is 14.9. The van der Waals surface area contributed by atoms with Crippen molar-refractivity contribution < 1.29 is 30.0 Å². The second kappa shape index (κ2) is 5.47. The standard InChI is InChI=1S/C10H14N2O6S/c1-12-3-2-11-10(12)19-9-6(15)4(13)5(14)7(18-9)8(16)17/h2-7,9,13-15H,1H3,(H,16,17)/t4-,5-,6+,7-,9-/m0/s1. The maximum atomic E-state index is 10.9. The maximum absolute atomic E-state index is 10.9. The first-order chi connectivity index (χ1) is 8.91. The Morgan fingerprint density at radius 2 is 2.05 bits per heavy atom. The molecule has 0 aromatic carbocycles. The second-order valence-corrected chi connectivity index (χ2v) is 5.24. The lowest BCUT2D eigenvalue weighted by atomic mass is 10.0. The molecule has 1 aliphatic rings. The first-order valence-electron chi connectivity index (χ1n) is 5.48. The molecule has 8 nitrogen and oxygen atoms in total. The molecule has 0 aliphatic carbocycles. The lowest BCUT2D eigenvalue weighted by Gasteiger charge is -2.38.